The summed E-state index contributed by atoms with van der Waals surface area (Å²) in [7, 11) is 0. The number of hydroxylamine groups is 2. The highest BCUT2D eigenvalue weighted by Crippen LogP contribution is 2.12. The maximum atomic E-state index is 11.7. The summed E-state index contributed by atoms with van der Waals surface area (Å²) in [6.07, 6.45) is 4.11. The lowest BCUT2D eigenvalue weighted by Gasteiger charge is -2.16. The molecule has 116 valence electrons. The van der Waals surface area contributed by atoms with Crippen LogP contribution in [0.5, 0.6) is 0 Å². The van der Waals surface area contributed by atoms with Crippen LogP contribution < -0.4 is 5.32 Å². The minimum absolute atomic E-state index is 0.0126. The van der Waals surface area contributed by atoms with E-state index >= 15 is 0 Å². The van der Waals surface area contributed by atoms with Gasteiger partial charge in [-0.3, -0.25) is 14.4 Å². The van der Waals surface area contributed by atoms with Crippen molar-refractivity contribution in [3.05, 3.63) is 30.2 Å². The largest absolute Gasteiger partial charge is 0.465 e. The first-order valence-corrected chi connectivity index (χ1v) is 6.57. The number of hydrogen-bond donors (Lipinski definition) is 1. The molecule has 1 atom stereocenters. The molecule has 0 saturated carbocycles. The summed E-state index contributed by atoms with van der Waals surface area (Å²) in [5.74, 6) is -2.11. The zero-order valence-corrected chi connectivity index (χ0v) is 11.8. The second-order valence-corrected chi connectivity index (χ2v) is 4.57. The highest BCUT2D eigenvalue weighted by molar-refractivity contribution is 6.02. The first-order valence-electron chi connectivity index (χ1n) is 6.57. The number of nitrogens with zero attached hydrogens (tertiary/aromatic N) is 1. The molecule has 3 amide bonds. The molecule has 8 heteroatoms. The SMILES string of the molecule is C[C@H](NC(=O)/C=C\c1ccco1)C(=O)ON1C(=O)CCC1=O. The van der Waals surface area contributed by atoms with E-state index in [1.165, 1.54) is 25.3 Å². The molecule has 0 bridgehead atoms. The van der Waals surface area contributed by atoms with Crippen LogP contribution in [0.15, 0.2) is 28.9 Å². The predicted molar refractivity (Wildman–Crippen MR) is 72.5 cm³/mol. The molecule has 2 rings (SSSR count). The monoisotopic (exact) mass is 306 g/mol. The summed E-state index contributed by atoms with van der Waals surface area (Å²) in [5, 5.41) is 2.79. The molecule has 22 heavy (non-hydrogen) atoms. The lowest BCUT2D eigenvalue weighted by molar-refractivity contribution is -0.198. The topological polar surface area (TPSA) is 106 Å². The predicted octanol–water partition coefficient (Wildman–Crippen LogP) is 0.405. The van der Waals surface area contributed by atoms with Crippen molar-refractivity contribution in [3.8, 4) is 0 Å². The Bertz CT molecular complexity index is 603. The van der Waals surface area contributed by atoms with Crippen molar-refractivity contribution < 1.29 is 28.4 Å². The molecular formula is C14H14N2O6. The van der Waals surface area contributed by atoms with Crippen LogP contribution in [0.1, 0.15) is 25.5 Å². The smallest absolute Gasteiger partial charge is 0.354 e. The van der Waals surface area contributed by atoms with Gasteiger partial charge in [0.2, 0.25) is 5.91 Å². The molecule has 1 aliphatic heterocycles. The zero-order chi connectivity index (χ0) is 16.1. The number of carbonyl (C=O) groups excluding carboxylic acids is 4. The number of amides is 3. The van der Waals surface area contributed by atoms with Gasteiger partial charge in [-0.2, -0.15) is 0 Å². The fraction of sp³-hybridized carbons (Fsp3) is 0.286. The molecule has 1 N–H and O–H groups in total. The second-order valence-electron chi connectivity index (χ2n) is 4.57. The quantitative estimate of drug-likeness (QED) is 0.623. The Hall–Kier alpha value is -2.90. The van der Waals surface area contributed by atoms with E-state index in [0.29, 0.717) is 10.8 Å². The van der Waals surface area contributed by atoms with Crippen LogP contribution in [0.25, 0.3) is 6.08 Å². The number of hydrogen-bond acceptors (Lipinski definition) is 6. The molecular weight excluding hydrogens is 292 g/mol. The second kappa shape index (κ2) is 6.70. The maximum absolute atomic E-state index is 11.7. The molecule has 0 spiro atoms. The first-order chi connectivity index (χ1) is 10.5. The van der Waals surface area contributed by atoms with Crippen LogP contribution in [0.3, 0.4) is 0 Å². The van der Waals surface area contributed by atoms with Gasteiger partial charge in [-0.15, -0.1) is 5.06 Å². The lowest BCUT2D eigenvalue weighted by atomic mass is 10.3. The first kappa shape index (κ1) is 15.5. The van der Waals surface area contributed by atoms with E-state index in [-0.39, 0.29) is 12.8 Å². The van der Waals surface area contributed by atoms with E-state index in [9.17, 15) is 19.2 Å². The molecule has 1 aromatic rings. The van der Waals surface area contributed by atoms with Gasteiger partial charge in [-0.25, -0.2) is 4.79 Å². The fourth-order valence-electron chi connectivity index (χ4n) is 1.69. The van der Waals surface area contributed by atoms with E-state index in [2.05, 4.69) is 10.2 Å². The Morgan fingerprint density at radius 3 is 2.64 bits per heavy atom. The maximum Gasteiger partial charge on any atom is 0.354 e. The van der Waals surface area contributed by atoms with Crippen molar-refractivity contribution in [2.24, 2.45) is 0 Å². The van der Waals surface area contributed by atoms with Gasteiger partial charge >= 0.3 is 5.97 Å². The summed E-state index contributed by atoms with van der Waals surface area (Å²) in [6, 6.07) is 2.31. The van der Waals surface area contributed by atoms with Crippen LogP contribution in [-0.4, -0.2) is 34.8 Å². The summed E-state index contributed by atoms with van der Waals surface area (Å²) in [4.78, 5) is 50.7. The molecule has 1 aliphatic rings. The molecule has 0 radical (unpaired) electrons. The molecule has 0 aromatic carbocycles. The van der Waals surface area contributed by atoms with Crippen LogP contribution in [0.2, 0.25) is 0 Å². The molecule has 0 unspecified atom stereocenters. The Balaban J connectivity index is 1.84. The van der Waals surface area contributed by atoms with E-state index in [1.54, 1.807) is 12.1 Å². The zero-order valence-electron chi connectivity index (χ0n) is 11.8. The van der Waals surface area contributed by atoms with Crippen molar-refractivity contribution in [1.82, 2.24) is 10.4 Å². The molecule has 0 aliphatic carbocycles. The van der Waals surface area contributed by atoms with Gasteiger partial charge in [0.25, 0.3) is 11.8 Å². The summed E-state index contributed by atoms with van der Waals surface area (Å²) >= 11 is 0. The van der Waals surface area contributed by atoms with Gasteiger partial charge < -0.3 is 14.6 Å². The normalized spacial score (nSPS) is 16.1. The van der Waals surface area contributed by atoms with Crippen molar-refractivity contribution in [3.63, 3.8) is 0 Å². The minimum Gasteiger partial charge on any atom is -0.465 e. The van der Waals surface area contributed by atoms with Crippen LogP contribution >= 0.6 is 0 Å². The standard InChI is InChI=1S/C14H14N2O6/c1-9(14(20)22-16-12(18)6-7-13(16)19)15-11(17)5-4-10-3-2-8-21-10/h2-5,8-9H,6-7H2,1H3,(H,15,17)/b5-4-/t9-/m0/s1. The Morgan fingerprint density at radius 2 is 2.05 bits per heavy atom. The van der Waals surface area contributed by atoms with Gasteiger partial charge in [0.1, 0.15) is 11.8 Å². The number of furan rings is 1. The van der Waals surface area contributed by atoms with Crippen molar-refractivity contribution in [1.29, 1.82) is 0 Å². The summed E-state index contributed by atoms with van der Waals surface area (Å²) in [5.41, 5.74) is 0. The number of rotatable bonds is 5. The van der Waals surface area contributed by atoms with Crippen LogP contribution in [0.4, 0.5) is 0 Å². The van der Waals surface area contributed by atoms with Crippen molar-refractivity contribution in [2.75, 3.05) is 0 Å². The highest BCUT2D eigenvalue weighted by Gasteiger charge is 2.34. The Kier molecular flexibility index (Phi) is 4.72. The van der Waals surface area contributed by atoms with Crippen LogP contribution in [0, 0.1) is 0 Å². The van der Waals surface area contributed by atoms with E-state index in [1.807, 2.05) is 0 Å². The van der Waals surface area contributed by atoms with Gasteiger partial charge in [-0.1, -0.05) is 0 Å². The Labute approximate surface area is 125 Å². The lowest BCUT2D eigenvalue weighted by Crippen LogP contribution is -2.43. The van der Waals surface area contributed by atoms with E-state index in [0.717, 1.165) is 0 Å². The fourth-order valence-corrected chi connectivity index (χ4v) is 1.69. The third-order valence-corrected chi connectivity index (χ3v) is 2.84. The third-order valence-electron chi connectivity index (χ3n) is 2.84. The number of imide groups is 1. The average Bonchev–Trinajstić information content (AvgIpc) is 3.10. The molecule has 8 nitrogen and oxygen atoms in total. The molecule has 2 heterocycles. The highest BCUT2D eigenvalue weighted by atomic mass is 16.7. The van der Waals surface area contributed by atoms with Gasteiger partial charge in [0.05, 0.1) is 6.26 Å². The number of nitrogens with one attached hydrogen (secondary N) is 1. The average molecular weight is 306 g/mol. The van der Waals surface area contributed by atoms with Crippen molar-refractivity contribution >= 4 is 29.8 Å². The van der Waals surface area contributed by atoms with Gasteiger partial charge in [-0.05, 0) is 25.1 Å². The van der Waals surface area contributed by atoms with Crippen LogP contribution in [-0.2, 0) is 24.0 Å². The third kappa shape index (κ3) is 3.81. The summed E-state index contributed by atoms with van der Waals surface area (Å²) < 4.78 is 5.01. The van der Waals surface area contributed by atoms with E-state index < -0.39 is 29.7 Å². The summed E-state index contributed by atoms with van der Waals surface area (Å²) in [6.45, 7) is 1.38. The number of carbonyl (C=O) groups is 4. The molecule has 1 fully saturated rings. The van der Waals surface area contributed by atoms with Gasteiger partial charge in [0.15, 0.2) is 0 Å². The molecule has 1 saturated heterocycles. The molecule has 1 aromatic heterocycles. The Morgan fingerprint density at radius 1 is 1.36 bits per heavy atom. The minimum atomic E-state index is -1.02. The van der Waals surface area contributed by atoms with Gasteiger partial charge in [0, 0.05) is 18.9 Å². The van der Waals surface area contributed by atoms with Crippen molar-refractivity contribution in [2.45, 2.75) is 25.8 Å². The van der Waals surface area contributed by atoms with E-state index in [4.69, 9.17) is 4.42 Å².